The first-order valence-corrected chi connectivity index (χ1v) is 5.84. The number of rotatable bonds is 2. The van der Waals surface area contributed by atoms with Crippen LogP contribution in [-0.4, -0.2) is 0 Å². The molecule has 0 saturated carbocycles. The van der Waals surface area contributed by atoms with Crippen LogP contribution in [0.1, 0.15) is 19.4 Å². The first kappa shape index (κ1) is 13.1. The number of anilines is 1. The summed E-state index contributed by atoms with van der Waals surface area (Å²) in [7, 11) is 0. The molecule has 0 aliphatic carbocycles. The lowest BCUT2D eigenvalue weighted by Crippen LogP contribution is -1.87. The molecule has 0 saturated heterocycles. The van der Waals surface area contributed by atoms with E-state index in [4.69, 9.17) is 10.5 Å². The highest BCUT2D eigenvalue weighted by Crippen LogP contribution is 2.22. The van der Waals surface area contributed by atoms with Gasteiger partial charge in [0.2, 0.25) is 0 Å². The fraction of sp³-hybridized carbons (Fsp3) is 0.200. The lowest BCUT2D eigenvalue weighted by molar-refractivity contribution is 0.483. The molecule has 0 bridgehead atoms. The molecule has 2 heteroatoms. The molecule has 2 rings (SSSR count). The van der Waals surface area contributed by atoms with Gasteiger partial charge in [-0.05, 0) is 31.2 Å². The molecule has 0 amide bonds. The standard InChI is InChI=1S/C13H13NO.C2H6/c1-10-5-7-12(8-6-10)15-13-4-2-3-11(14)9-13;1-2/h2-9H,14H2,1H3;1-2H3. The van der Waals surface area contributed by atoms with Gasteiger partial charge in [-0.3, -0.25) is 0 Å². The molecule has 2 aromatic carbocycles. The van der Waals surface area contributed by atoms with Gasteiger partial charge in [-0.25, -0.2) is 0 Å². The van der Waals surface area contributed by atoms with Crippen LogP contribution in [0.4, 0.5) is 5.69 Å². The van der Waals surface area contributed by atoms with Gasteiger partial charge in [-0.2, -0.15) is 0 Å². The van der Waals surface area contributed by atoms with Gasteiger partial charge in [-0.1, -0.05) is 37.6 Å². The Morgan fingerprint density at radius 2 is 1.53 bits per heavy atom. The van der Waals surface area contributed by atoms with Crippen molar-refractivity contribution >= 4 is 5.69 Å². The molecule has 0 radical (unpaired) electrons. The molecule has 0 heterocycles. The van der Waals surface area contributed by atoms with Gasteiger partial charge in [0, 0.05) is 11.8 Å². The number of hydrogen-bond donors (Lipinski definition) is 1. The van der Waals surface area contributed by atoms with Gasteiger partial charge >= 0.3 is 0 Å². The zero-order valence-corrected chi connectivity index (χ0v) is 10.6. The van der Waals surface area contributed by atoms with E-state index in [1.165, 1.54) is 5.56 Å². The van der Waals surface area contributed by atoms with E-state index in [2.05, 4.69) is 0 Å². The van der Waals surface area contributed by atoms with Crippen molar-refractivity contribution in [1.29, 1.82) is 0 Å². The lowest BCUT2D eigenvalue weighted by Gasteiger charge is -2.06. The second kappa shape index (κ2) is 6.59. The maximum absolute atomic E-state index is 5.66. The highest BCUT2D eigenvalue weighted by atomic mass is 16.5. The minimum Gasteiger partial charge on any atom is -0.457 e. The number of aryl methyl sites for hydroxylation is 1. The van der Waals surface area contributed by atoms with Crippen molar-refractivity contribution in [1.82, 2.24) is 0 Å². The molecule has 2 nitrogen and oxygen atoms in total. The molecule has 0 aliphatic heterocycles. The molecule has 0 aliphatic rings. The Balaban J connectivity index is 0.000000686. The third-order valence-corrected chi connectivity index (χ3v) is 2.11. The lowest BCUT2D eigenvalue weighted by atomic mass is 10.2. The van der Waals surface area contributed by atoms with Crippen LogP contribution in [-0.2, 0) is 0 Å². The fourth-order valence-corrected chi connectivity index (χ4v) is 1.32. The number of ether oxygens (including phenoxy) is 1. The molecule has 2 N–H and O–H groups in total. The van der Waals surface area contributed by atoms with Crippen LogP contribution < -0.4 is 10.5 Å². The van der Waals surface area contributed by atoms with Crippen LogP contribution in [0, 0.1) is 6.92 Å². The summed E-state index contributed by atoms with van der Waals surface area (Å²) >= 11 is 0. The molecule has 90 valence electrons. The molecular formula is C15H19NO. The minimum atomic E-state index is 0.708. The zero-order chi connectivity index (χ0) is 12.7. The van der Waals surface area contributed by atoms with E-state index in [9.17, 15) is 0 Å². The molecule has 0 unspecified atom stereocenters. The van der Waals surface area contributed by atoms with Crippen molar-refractivity contribution in [2.75, 3.05) is 5.73 Å². The smallest absolute Gasteiger partial charge is 0.129 e. The van der Waals surface area contributed by atoms with E-state index in [1.54, 1.807) is 6.07 Å². The summed E-state index contributed by atoms with van der Waals surface area (Å²) in [6.45, 7) is 6.05. The Morgan fingerprint density at radius 3 is 2.12 bits per heavy atom. The summed E-state index contributed by atoms with van der Waals surface area (Å²) < 4.78 is 5.63. The highest BCUT2D eigenvalue weighted by molar-refractivity contribution is 5.45. The SMILES string of the molecule is CC.Cc1ccc(Oc2cccc(N)c2)cc1. The average molecular weight is 229 g/mol. The number of benzene rings is 2. The monoisotopic (exact) mass is 229 g/mol. The number of nitrogens with two attached hydrogens (primary N) is 1. The van der Waals surface area contributed by atoms with E-state index in [0.29, 0.717) is 5.69 Å². The number of nitrogen functional groups attached to an aromatic ring is 1. The summed E-state index contributed by atoms with van der Waals surface area (Å²) in [6.07, 6.45) is 0. The van der Waals surface area contributed by atoms with E-state index in [0.717, 1.165) is 11.5 Å². The molecule has 2 aromatic rings. The zero-order valence-electron chi connectivity index (χ0n) is 10.6. The van der Waals surface area contributed by atoms with Gasteiger partial charge in [-0.15, -0.1) is 0 Å². The van der Waals surface area contributed by atoms with Crippen molar-refractivity contribution < 1.29 is 4.74 Å². The first-order valence-electron chi connectivity index (χ1n) is 5.84. The largest absolute Gasteiger partial charge is 0.457 e. The Kier molecular flexibility index (Phi) is 5.08. The fourth-order valence-electron chi connectivity index (χ4n) is 1.32. The van der Waals surface area contributed by atoms with Gasteiger partial charge in [0.1, 0.15) is 11.5 Å². The Hall–Kier alpha value is -1.96. The van der Waals surface area contributed by atoms with Crippen LogP contribution in [0.25, 0.3) is 0 Å². The van der Waals surface area contributed by atoms with Crippen LogP contribution >= 0.6 is 0 Å². The number of hydrogen-bond acceptors (Lipinski definition) is 2. The van der Waals surface area contributed by atoms with Gasteiger partial charge in [0.15, 0.2) is 0 Å². The van der Waals surface area contributed by atoms with Gasteiger partial charge < -0.3 is 10.5 Å². The van der Waals surface area contributed by atoms with Crippen LogP contribution in [0.2, 0.25) is 0 Å². The average Bonchev–Trinajstić information content (AvgIpc) is 2.35. The molecular weight excluding hydrogens is 210 g/mol. The minimum absolute atomic E-state index is 0.708. The van der Waals surface area contributed by atoms with Crippen molar-refractivity contribution in [3.05, 3.63) is 54.1 Å². The third kappa shape index (κ3) is 4.19. The third-order valence-electron chi connectivity index (χ3n) is 2.11. The van der Waals surface area contributed by atoms with Crippen LogP contribution in [0.5, 0.6) is 11.5 Å². The normalized spacial score (nSPS) is 9.12. The van der Waals surface area contributed by atoms with Gasteiger partial charge in [0.05, 0.1) is 0 Å². The molecule has 17 heavy (non-hydrogen) atoms. The van der Waals surface area contributed by atoms with Gasteiger partial charge in [0.25, 0.3) is 0 Å². The summed E-state index contributed by atoms with van der Waals surface area (Å²) in [5, 5.41) is 0. The second-order valence-electron chi connectivity index (χ2n) is 3.49. The van der Waals surface area contributed by atoms with E-state index in [1.807, 2.05) is 63.2 Å². The maximum atomic E-state index is 5.66. The predicted molar refractivity (Wildman–Crippen MR) is 73.5 cm³/mol. The van der Waals surface area contributed by atoms with E-state index in [-0.39, 0.29) is 0 Å². The van der Waals surface area contributed by atoms with Crippen molar-refractivity contribution in [3.8, 4) is 11.5 Å². The van der Waals surface area contributed by atoms with E-state index < -0.39 is 0 Å². The second-order valence-corrected chi connectivity index (χ2v) is 3.49. The Bertz CT molecular complexity index is 449. The highest BCUT2D eigenvalue weighted by Gasteiger charge is 1.96. The topological polar surface area (TPSA) is 35.2 Å². The molecule has 0 fully saturated rings. The van der Waals surface area contributed by atoms with Crippen LogP contribution in [0.3, 0.4) is 0 Å². The van der Waals surface area contributed by atoms with Crippen molar-refractivity contribution in [2.45, 2.75) is 20.8 Å². The van der Waals surface area contributed by atoms with Crippen molar-refractivity contribution in [3.63, 3.8) is 0 Å². The molecule has 0 atom stereocenters. The van der Waals surface area contributed by atoms with Crippen molar-refractivity contribution in [2.24, 2.45) is 0 Å². The predicted octanol–water partition coefficient (Wildman–Crippen LogP) is 4.40. The van der Waals surface area contributed by atoms with Crippen LogP contribution in [0.15, 0.2) is 48.5 Å². The Labute approximate surface area is 103 Å². The Morgan fingerprint density at radius 1 is 0.882 bits per heavy atom. The quantitative estimate of drug-likeness (QED) is 0.775. The summed E-state index contributed by atoms with van der Waals surface area (Å²) in [4.78, 5) is 0. The summed E-state index contributed by atoms with van der Waals surface area (Å²) in [6, 6.07) is 15.3. The maximum Gasteiger partial charge on any atom is 0.129 e. The summed E-state index contributed by atoms with van der Waals surface area (Å²) in [5.41, 5.74) is 7.58. The molecule has 0 aromatic heterocycles. The molecule has 0 spiro atoms. The first-order chi connectivity index (χ1) is 8.24. The summed E-state index contributed by atoms with van der Waals surface area (Å²) in [5.74, 6) is 1.59. The van der Waals surface area contributed by atoms with E-state index >= 15 is 0 Å².